The van der Waals surface area contributed by atoms with E-state index in [0.29, 0.717) is 11.6 Å². The van der Waals surface area contributed by atoms with Gasteiger partial charge in [0.2, 0.25) is 5.91 Å². The van der Waals surface area contributed by atoms with Crippen LogP contribution in [0.3, 0.4) is 0 Å². The van der Waals surface area contributed by atoms with Crippen LogP contribution in [0, 0.1) is 0 Å². The third kappa shape index (κ3) is 3.54. The molecule has 0 saturated carbocycles. The van der Waals surface area contributed by atoms with E-state index in [1.165, 1.54) is 0 Å². The monoisotopic (exact) mass is 389 g/mol. The predicted molar refractivity (Wildman–Crippen MR) is 116 cm³/mol. The molecule has 140 valence electrons. The summed E-state index contributed by atoms with van der Waals surface area (Å²) in [5.41, 5.74) is 6.17. The van der Waals surface area contributed by atoms with Crippen molar-refractivity contribution in [1.82, 2.24) is 0 Å². The molecular formula is C24H20ClNO2. The minimum absolute atomic E-state index is 0.00157. The summed E-state index contributed by atoms with van der Waals surface area (Å²) in [5, 5.41) is 0.651. The van der Waals surface area contributed by atoms with Crippen molar-refractivity contribution in [2.24, 2.45) is 0 Å². The lowest BCUT2D eigenvalue weighted by atomic mass is 9.96. The van der Waals surface area contributed by atoms with Gasteiger partial charge in [-0.05, 0) is 64.2 Å². The summed E-state index contributed by atoms with van der Waals surface area (Å²) in [7, 11) is 1.67. The Morgan fingerprint density at radius 2 is 1.75 bits per heavy atom. The molecule has 4 rings (SSSR count). The van der Waals surface area contributed by atoms with E-state index < -0.39 is 0 Å². The number of hydrogen-bond donors (Lipinski definition) is 0. The minimum Gasteiger partial charge on any atom is -0.497 e. The first-order valence-electron chi connectivity index (χ1n) is 9.08. The number of carbonyl (C=O) groups excluding carboxylic acids is 1. The molecule has 0 aliphatic carbocycles. The molecule has 0 fully saturated rings. The topological polar surface area (TPSA) is 29.5 Å². The van der Waals surface area contributed by atoms with Crippen molar-refractivity contribution < 1.29 is 9.53 Å². The number of halogens is 1. The Hall–Kier alpha value is -3.04. The highest BCUT2D eigenvalue weighted by Gasteiger charge is 2.19. The van der Waals surface area contributed by atoms with Gasteiger partial charge in [-0.15, -0.1) is 0 Å². The average Bonchev–Trinajstić information content (AvgIpc) is 2.69. The molecule has 1 aliphatic rings. The summed E-state index contributed by atoms with van der Waals surface area (Å²) < 4.78 is 5.35. The molecule has 4 heteroatoms. The molecule has 28 heavy (non-hydrogen) atoms. The quantitative estimate of drug-likeness (QED) is 0.533. The van der Waals surface area contributed by atoms with Crippen LogP contribution < -0.4 is 9.64 Å². The Labute approximate surface area is 169 Å². The van der Waals surface area contributed by atoms with Crippen molar-refractivity contribution in [2.75, 3.05) is 12.0 Å². The van der Waals surface area contributed by atoms with Crippen LogP contribution in [0.2, 0.25) is 5.02 Å². The van der Waals surface area contributed by atoms with Gasteiger partial charge in [0.05, 0.1) is 19.3 Å². The Morgan fingerprint density at radius 1 is 0.964 bits per heavy atom. The lowest BCUT2D eigenvalue weighted by Crippen LogP contribution is -2.29. The van der Waals surface area contributed by atoms with Crippen LogP contribution in [0.25, 0.3) is 23.3 Å². The maximum atomic E-state index is 12.3. The molecule has 3 nitrogen and oxygen atoms in total. The highest BCUT2D eigenvalue weighted by Crippen LogP contribution is 2.33. The average molecular weight is 390 g/mol. The first-order valence-corrected chi connectivity index (χ1v) is 9.46. The van der Waals surface area contributed by atoms with Crippen molar-refractivity contribution in [3.63, 3.8) is 0 Å². The Morgan fingerprint density at radius 3 is 2.54 bits per heavy atom. The summed E-state index contributed by atoms with van der Waals surface area (Å²) >= 11 is 6.18. The van der Waals surface area contributed by atoms with Gasteiger partial charge in [0, 0.05) is 11.9 Å². The lowest BCUT2D eigenvalue weighted by Gasteiger charge is -2.26. The zero-order valence-corrected chi connectivity index (χ0v) is 16.5. The van der Waals surface area contributed by atoms with Crippen molar-refractivity contribution in [3.05, 3.63) is 82.4 Å². The van der Waals surface area contributed by atoms with Crippen LogP contribution in [0.15, 0.2) is 60.7 Å². The van der Waals surface area contributed by atoms with Crippen molar-refractivity contribution >= 4 is 35.3 Å². The normalized spacial score (nSPS) is 13.8. The first-order chi connectivity index (χ1) is 13.5. The van der Waals surface area contributed by atoms with Crippen LogP contribution in [0.5, 0.6) is 5.75 Å². The molecule has 0 unspecified atom stereocenters. The van der Waals surface area contributed by atoms with Gasteiger partial charge in [-0.25, -0.2) is 0 Å². The van der Waals surface area contributed by atoms with Gasteiger partial charge in [0.1, 0.15) is 5.75 Å². The van der Waals surface area contributed by atoms with Gasteiger partial charge >= 0.3 is 0 Å². The number of benzene rings is 3. The van der Waals surface area contributed by atoms with E-state index in [-0.39, 0.29) is 5.91 Å². The lowest BCUT2D eigenvalue weighted by molar-refractivity contribution is -0.116. The Bertz CT molecular complexity index is 1090. The maximum Gasteiger partial charge on any atom is 0.224 e. The second-order valence-corrected chi connectivity index (χ2v) is 7.22. The van der Waals surface area contributed by atoms with E-state index in [1.54, 1.807) is 18.9 Å². The summed E-state index contributed by atoms with van der Waals surface area (Å²) in [6.45, 7) is 2.11. The van der Waals surface area contributed by atoms with Gasteiger partial charge in [-0.2, -0.15) is 0 Å². The second kappa shape index (κ2) is 7.53. The molecule has 1 heterocycles. The number of ether oxygens (including phenoxy) is 1. The van der Waals surface area contributed by atoms with Crippen LogP contribution in [-0.2, 0) is 11.3 Å². The van der Waals surface area contributed by atoms with E-state index in [1.807, 2.05) is 42.5 Å². The molecule has 3 aromatic rings. The van der Waals surface area contributed by atoms with E-state index in [2.05, 4.69) is 30.3 Å². The number of carbonyl (C=O) groups is 1. The number of methoxy groups -OCH3 is 1. The molecule has 0 bridgehead atoms. The molecular weight excluding hydrogens is 370 g/mol. The van der Waals surface area contributed by atoms with E-state index in [4.69, 9.17) is 16.3 Å². The molecule has 0 atom stereocenters. The molecule has 1 amide bonds. The highest BCUT2D eigenvalue weighted by atomic mass is 35.5. The third-order valence-electron chi connectivity index (χ3n) is 4.98. The van der Waals surface area contributed by atoms with Crippen LogP contribution in [0.1, 0.15) is 23.6 Å². The highest BCUT2D eigenvalue weighted by molar-refractivity contribution is 6.30. The Balaban J connectivity index is 1.82. The fourth-order valence-corrected chi connectivity index (χ4v) is 3.68. The first kappa shape index (κ1) is 18.3. The van der Waals surface area contributed by atoms with Gasteiger partial charge in [-0.3, -0.25) is 4.79 Å². The molecule has 0 radical (unpaired) electrons. The minimum atomic E-state index is 0.00157. The summed E-state index contributed by atoms with van der Waals surface area (Å²) in [5.74, 6) is 0.827. The predicted octanol–water partition coefficient (Wildman–Crippen LogP) is 6.05. The number of anilines is 1. The fourth-order valence-electron chi connectivity index (χ4n) is 3.50. The SMILES string of the molecule is COc1cccc(-c2ccc3c(c2)/C=C\c2cc(Cl)ccc2N(C(C)=O)C3)c1. The summed E-state index contributed by atoms with van der Waals surface area (Å²) in [6, 6.07) is 19.9. The van der Waals surface area contributed by atoms with Crippen LogP contribution >= 0.6 is 11.6 Å². The molecule has 3 aromatic carbocycles. The number of amides is 1. The number of fused-ring (bicyclic) bond motifs is 2. The van der Waals surface area contributed by atoms with Crippen molar-refractivity contribution in [3.8, 4) is 16.9 Å². The number of nitrogens with zero attached hydrogens (tertiary/aromatic N) is 1. The van der Waals surface area contributed by atoms with Crippen molar-refractivity contribution in [2.45, 2.75) is 13.5 Å². The van der Waals surface area contributed by atoms with E-state index in [0.717, 1.165) is 39.3 Å². The standard InChI is InChI=1S/C24H20ClNO2/c1-16(27)26-15-21-9-7-18(17-4-3-5-23(14-17)28-2)12-19(21)6-8-20-13-22(25)10-11-24(20)26/h3-14H,15H2,1-2H3/b8-6-. The van der Waals surface area contributed by atoms with Crippen molar-refractivity contribution in [1.29, 1.82) is 0 Å². The summed E-state index contributed by atoms with van der Waals surface area (Å²) in [4.78, 5) is 14.1. The molecule has 0 N–H and O–H groups in total. The van der Waals surface area contributed by atoms with E-state index in [9.17, 15) is 4.79 Å². The van der Waals surface area contributed by atoms with Gasteiger partial charge in [0.25, 0.3) is 0 Å². The zero-order valence-electron chi connectivity index (χ0n) is 15.8. The third-order valence-corrected chi connectivity index (χ3v) is 5.22. The van der Waals surface area contributed by atoms with Gasteiger partial charge < -0.3 is 9.64 Å². The van der Waals surface area contributed by atoms with Gasteiger partial charge in [0.15, 0.2) is 0 Å². The number of rotatable bonds is 2. The van der Waals surface area contributed by atoms with Crippen LogP contribution in [-0.4, -0.2) is 13.0 Å². The van der Waals surface area contributed by atoms with E-state index >= 15 is 0 Å². The van der Waals surface area contributed by atoms with Crippen LogP contribution in [0.4, 0.5) is 5.69 Å². The smallest absolute Gasteiger partial charge is 0.224 e. The molecule has 0 spiro atoms. The Kier molecular flexibility index (Phi) is 4.93. The van der Waals surface area contributed by atoms with Gasteiger partial charge in [-0.1, -0.05) is 48.0 Å². The molecule has 1 aliphatic heterocycles. The summed E-state index contributed by atoms with van der Waals surface area (Å²) in [6.07, 6.45) is 4.11. The zero-order chi connectivity index (χ0) is 19.7. The number of hydrogen-bond acceptors (Lipinski definition) is 2. The fraction of sp³-hybridized carbons (Fsp3) is 0.125. The molecule has 0 aromatic heterocycles. The molecule has 0 saturated heterocycles. The largest absolute Gasteiger partial charge is 0.497 e. The maximum absolute atomic E-state index is 12.3. The second-order valence-electron chi connectivity index (χ2n) is 6.79.